The van der Waals surface area contributed by atoms with Crippen molar-refractivity contribution < 1.29 is 72.3 Å². The Bertz CT molecular complexity index is 4430. The van der Waals surface area contributed by atoms with Crippen molar-refractivity contribution in [2.45, 2.75) is 374 Å². The molecule has 0 aromatic carbocycles. The number of allylic oxidation sites excluding steroid dienone is 7. The Morgan fingerprint density at radius 1 is 0.467 bits per heavy atom. The Balaban J connectivity index is -0.000000160. The highest BCUT2D eigenvalue weighted by molar-refractivity contribution is 7.95. The van der Waals surface area contributed by atoms with Crippen LogP contribution in [0.4, 0.5) is 0 Å². The smallest absolute Gasteiger partial charge is 0.246 e. The first-order valence-electron chi connectivity index (χ1n) is 46.5. The number of nitrogens with zero attached hydrogens (tertiary/aromatic N) is 3. The van der Waals surface area contributed by atoms with Crippen LogP contribution in [0.3, 0.4) is 0 Å². The number of aromatic nitrogens is 2. The number of aliphatic hydroxyl groups excluding tert-OH is 1. The Morgan fingerprint density at radius 3 is 1.15 bits per heavy atom. The Labute approximate surface area is 843 Å². The molecule has 4 amide bonds. The second-order valence-electron chi connectivity index (χ2n) is 46.2. The normalized spacial score (nSPS) is 13.0. The van der Waals surface area contributed by atoms with Gasteiger partial charge in [0, 0.05) is 105 Å². The van der Waals surface area contributed by atoms with Crippen LogP contribution in [-0.2, 0) is 78.9 Å². The number of Topliss-reactive ketones (excluding diaryl/α,β-unsaturated/α-hetero) is 1. The predicted molar refractivity (Wildman–Crippen MR) is 586 cm³/mol. The first-order chi connectivity index (χ1) is 60.9. The molecule has 0 spiro atoms. The molecular formula is C107H196ClN9O16S4. The van der Waals surface area contributed by atoms with E-state index in [-0.39, 0.29) is 102 Å². The standard InChI is InChI=1S/C12H20.C10H19NO.C10H16O.C9H17NO.C9H16O2.C8H11ClN2.C8H17NO2S.C8H15NO.C7H15NO2S.C7H13NO.C7H12O.C6H13NO2S.C6H12O2S/c1-10(12(2,3)4)11-8-6-5-7-9-11;1-6-8-11(9(12)7-2)10(3,4)5;1-10(2,3)9(11)8-6-4-5-7-8;1-5-8(11)10-7-6-9(2,3)4;1-9(2,3)8(11)6-4-5-7-10;1-8(2,3)6-4-5-10-7(9)11-6;1-5-12(10,11)9-7-6-8(2,3)4;1-5-7(10)9-6-8(2,3)4;1-5-11(9,10)8-6-7(2,3)4;1-5-6(9)8-7(2,3)4;1-5-6(8)7(2,3)4;1-5-10(8,9)7-6(2,3)4;1-5-9(7,8)6(2,3)4/h8H,1,5-7,9H2,2-4H3;7H,2,6,8H2,1,3-5H3;6H,4-5,7H2,1-3H3;5H,1,6-7H2,2-4H3,(H,10,11);4,6,10H,5,7H2,1-3H3;4-5H,1-3H3;5,9H,1,6-7H2,2-4H3;5H,1,6H2,2-4H3,(H,9,10);5,8H,1,6H2,2-4H3;5H,1H2,2-4H3,(H,8,9);5H,1H2,2-4H3;5,7H,1H2,2-4H3;5H,1H2,2-4H3/b;;;;6-4+;;;;;;;;. The van der Waals surface area contributed by atoms with E-state index in [0.29, 0.717) is 37.1 Å². The lowest BCUT2D eigenvalue weighted by atomic mass is 9.79. The van der Waals surface area contributed by atoms with Crippen molar-refractivity contribution in [3.8, 4) is 0 Å². The average Bonchev–Trinajstić information content (AvgIpc) is 1.85. The van der Waals surface area contributed by atoms with Gasteiger partial charge in [0.25, 0.3) is 0 Å². The van der Waals surface area contributed by atoms with E-state index >= 15 is 0 Å². The minimum atomic E-state index is -3.26. The summed E-state index contributed by atoms with van der Waals surface area (Å²) in [6.45, 7) is 116. The number of sulfonamides is 3. The highest BCUT2D eigenvalue weighted by Crippen LogP contribution is 2.35. The lowest BCUT2D eigenvalue weighted by Crippen LogP contribution is -2.45. The van der Waals surface area contributed by atoms with Crippen LogP contribution in [0.2, 0.25) is 5.28 Å². The first-order valence-corrected chi connectivity index (χ1v) is 53.0. The predicted octanol–water partition coefficient (Wildman–Crippen LogP) is 23.7. The maximum atomic E-state index is 11.6. The van der Waals surface area contributed by atoms with Gasteiger partial charge in [-0.05, 0) is 252 Å². The van der Waals surface area contributed by atoms with Gasteiger partial charge in [-0.2, -0.15) is 0 Å². The number of rotatable bonds is 25. The fourth-order valence-electron chi connectivity index (χ4n) is 8.84. The molecule has 0 bridgehead atoms. The van der Waals surface area contributed by atoms with E-state index in [2.05, 4.69) is 229 Å². The molecule has 1 aromatic rings. The summed E-state index contributed by atoms with van der Waals surface area (Å²) in [5, 5.41) is 20.6. The van der Waals surface area contributed by atoms with Crippen LogP contribution in [0.1, 0.15) is 353 Å². The number of aliphatic hydroxyl groups is 1. The number of sulfone groups is 1. The van der Waals surface area contributed by atoms with Crippen LogP contribution >= 0.6 is 11.6 Å². The van der Waals surface area contributed by atoms with Crippen LogP contribution in [-0.4, -0.2) is 155 Å². The summed E-state index contributed by atoms with van der Waals surface area (Å²) in [5.74, 6) is 0.231. The molecule has 2 aliphatic rings. The van der Waals surface area contributed by atoms with Crippen molar-refractivity contribution in [1.29, 1.82) is 0 Å². The molecule has 1 aromatic heterocycles. The summed E-state index contributed by atoms with van der Waals surface area (Å²) in [6.07, 6.45) is 27.8. The van der Waals surface area contributed by atoms with E-state index in [1.165, 1.54) is 73.3 Å². The molecule has 796 valence electrons. The minimum Gasteiger partial charge on any atom is -0.396 e. The summed E-state index contributed by atoms with van der Waals surface area (Å²) < 4.78 is 93.2. The topological polar surface area (TPSA) is 377 Å². The molecule has 3 rings (SSSR count). The van der Waals surface area contributed by atoms with Gasteiger partial charge in [-0.3, -0.25) is 33.6 Å². The second kappa shape index (κ2) is 69.4. The van der Waals surface area contributed by atoms with Crippen LogP contribution in [0, 0.1) is 43.3 Å². The van der Waals surface area contributed by atoms with Gasteiger partial charge < -0.3 is 26.0 Å². The third-order valence-electron chi connectivity index (χ3n) is 17.1. The monoisotopic (exact) mass is 2030 g/mol. The fourth-order valence-corrected chi connectivity index (χ4v) is 11.7. The highest BCUT2D eigenvalue weighted by Gasteiger charge is 2.29. The molecule has 0 unspecified atom stereocenters. The van der Waals surface area contributed by atoms with Crippen LogP contribution in [0.25, 0.3) is 0 Å². The molecule has 0 atom stereocenters. The number of nitrogens with one attached hydrogen (secondary N) is 6. The van der Waals surface area contributed by atoms with Crippen molar-refractivity contribution in [2.24, 2.45) is 43.3 Å². The molecule has 0 aliphatic heterocycles. The maximum absolute atomic E-state index is 11.6. The lowest BCUT2D eigenvalue weighted by molar-refractivity contribution is -0.130. The van der Waals surface area contributed by atoms with Gasteiger partial charge in [0.1, 0.15) is 0 Å². The average molecular weight is 2030 g/mol. The molecule has 137 heavy (non-hydrogen) atoms. The van der Waals surface area contributed by atoms with Gasteiger partial charge in [0.05, 0.1) is 10.4 Å². The maximum Gasteiger partial charge on any atom is 0.246 e. The van der Waals surface area contributed by atoms with Gasteiger partial charge >= 0.3 is 0 Å². The van der Waals surface area contributed by atoms with Crippen LogP contribution in [0.5, 0.6) is 0 Å². The molecular weight excluding hydrogens is 1830 g/mol. The fraction of sp³-hybridized carbons (Fsp3) is 0.654. The number of hydrogen-bond donors (Lipinski definition) is 7. The van der Waals surface area contributed by atoms with E-state index in [0.717, 1.165) is 84.5 Å². The third-order valence-corrected chi connectivity index (χ3v) is 22.8. The molecule has 0 radical (unpaired) electrons. The molecule has 1 heterocycles. The molecule has 0 fully saturated rings. The van der Waals surface area contributed by atoms with Gasteiger partial charge in [-0.15, -0.1) is 0 Å². The first kappa shape index (κ1) is 150. The van der Waals surface area contributed by atoms with Crippen molar-refractivity contribution in [2.75, 3.05) is 39.3 Å². The Hall–Kier alpha value is -7.48. The van der Waals surface area contributed by atoms with Gasteiger partial charge in [0.2, 0.25) is 59.0 Å². The van der Waals surface area contributed by atoms with E-state index in [1.54, 1.807) is 53.8 Å². The van der Waals surface area contributed by atoms with Crippen LogP contribution in [0.15, 0.2) is 171 Å². The number of ketones is 3. The van der Waals surface area contributed by atoms with E-state index in [4.69, 9.17) is 16.7 Å². The summed E-state index contributed by atoms with van der Waals surface area (Å²) in [4.78, 5) is 86.5. The van der Waals surface area contributed by atoms with Gasteiger partial charge in [-0.1, -0.05) is 278 Å². The number of hydrogen-bond acceptors (Lipinski definition) is 18. The van der Waals surface area contributed by atoms with E-state index < -0.39 is 50.2 Å². The van der Waals surface area contributed by atoms with Crippen molar-refractivity contribution >= 4 is 92.5 Å². The number of carbonyl (C=O) groups is 7. The SMILES string of the molecule is C=C(C1=CCCCC1)C(C)(C)C.C=CC(=O)C(C)(C)C.C=CC(=O)N(CCC)C(C)(C)C.C=CC(=O)NC(C)(C)C.C=CC(=O)NCC(C)(C)C.C=CC(=O)NCCC(C)(C)C.C=CS(=O)(=O)C(C)(C)C.C=CS(=O)(=O)NC(C)(C)C.C=CS(=O)(=O)NCC(C)(C)C.C=CS(=O)(=O)NCCC(C)(C)C.CC(C)(C)C(=O)/C=C/CCO.CC(C)(C)C(=O)C1=CCCC1.CC(C)(C)c1ccnc(Cl)n1. The van der Waals surface area contributed by atoms with Gasteiger partial charge in [-0.25, -0.2) is 57.8 Å². The number of carbonyl (C=O) groups excluding carboxylic acids is 7. The quantitative estimate of drug-likeness (QED) is 0.0353. The van der Waals surface area contributed by atoms with Crippen molar-refractivity contribution in [1.82, 2.24) is 45.0 Å². The summed E-state index contributed by atoms with van der Waals surface area (Å²) >= 11 is 5.63. The third kappa shape index (κ3) is 99.9. The van der Waals surface area contributed by atoms with E-state index in [1.807, 2.05) is 136 Å². The molecule has 0 saturated carbocycles. The summed E-state index contributed by atoms with van der Waals surface area (Å²) in [6, 6.07) is 1.88. The largest absolute Gasteiger partial charge is 0.396 e. The van der Waals surface area contributed by atoms with Crippen LogP contribution < -0.4 is 30.1 Å². The zero-order valence-corrected chi connectivity index (χ0v) is 97.2. The number of halogens is 1. The Morgan fingerprint density at radius 2 is 0.883 bits per heavy atom. The number of amides is 4. The molecule has 0 saturated heterocycles. The second-order valence-corrected chi connectivity index (χ2v) is 54.2. The zero-order chi connectivity index (χ0) is 111. The van der Waals surface area contributed by atoms with Crippen molar-refractivity contribution in [3.05, 3.63) is 182 Å². The lowest BCUT2D eigenvalue weighted by Gasteiger charge is -2.34. The molecule has 2 aliphatic carbocycles. The van der Waals surface area contributed by atoms with Gasteiger partial charge in [0.15, 0.2) is 27.2 Å². The zero-order valence-electron chi connectivity index (χ0n) is 93.2. The molecule has 25 nitrogen and oxygen atoms in total. The van der Waals surface area contributed by atoms with E-state index in [9.17, 15) is 67.2 Å². The highest BCUT2D eigenvalue weighted by atomic mass is 35.5. The molecule has 30 heteroatoms. The Kier molecular flexibility index (Phi) is 75.9. The summed E-state index contributed by atoms with van der Waals surface area (Å²) in [7, 11) is -12.8. The molecule has 7 N–H and O–H groups in total. The minimum absolute atomic E-state index is 0.0179. The van der Waals surface area contributed by atoms with Crippen molar-refractivity contribution in [3.63, 3.8) is 0 Å². The summed E-state index contributed by atoms with van der Waals surface area (Å²) in [5.41, 5.74) is 4.33.